The van der Waals surface area contributed by atoms with Gasteiger partial charge in [0.25, 0.3) is 5.91 Å². The average molecular weight is 291 g/mol. The standard InChI is InChI=1S/C16H21NO4/c18-15(21-12-14-8-4-5-11-20-14)9-10-17-16(19)13-6-2-1-3-7-13/h1-3,6-7,14H,4-5,8-12H2,(H,17,19). The maximum absolute atomic E-state index is 11.7. The predicted octanol–water partition coefficient (Wildman–Crippen LogP) is 1.92. The summed E-state index contributed by atoms with van der Waals surface area (Å²) in [4.78, 5) is 23.3. The second-order valence-corrected chi connectivity index (χ2v) is 5.04. The number of benzene rings is 1. The molecule has 0 spiro atoms. The largest absolute Gasteiger partial charge is 0.463 e. The first-order valence-corrected chi connectivity index (χ1v) is 7.36. The lowest BCUT2D eigenvalue weighted by Crippen LogP contribution is -2.29. The molecule has 1 aliphatic rings. The number of hydrogen-bond acceptors (Lipinski definition) is 4. The molecule has 1 atom stereocenters. The number of amides is 1. The van der Waals surface area contributed by atoms with E-state index < -0.39 is 0 Å². The minimum absolute atomic E-state index is 0.0293. The van der Waals surface area contributed by atoms with Gasteiger partial charge in [-0.25, -0.2) is 0 Å². The third-order valence-corrected chi connectivity index (χ3v) is 3.35. The van der Waals surface area contributed by atoms with Crippen molar-refractivity contribution in [1.29, 1.82) is 0 Å². The van der Waals surface area contributed by atoms with Crippen molar-refractivity contribution in [3.63, 3.8) is 0 Å². The van der Waals surface area contributed by atoms with Gasteiger partial charge in [-0.2, -0.15) is 0 Å². The summed E-state index contributed by atoms with van der Waals surface area (Å²) in [5.41, 5.74) is 0.585. The fourth-order valence-corrected chi connectivity index (χ4v) is 2.17. The molecule has 0 bridgehead atoms. The molecule has 1 aliphatic heterocycles. The van der Waals surface area contributed by atoms with E-state index in [4.69, 9.17) is 9.47 Å². The van der Waals surface area contributed by atoms with Crippen LogP contribution in [-0.4, -0.2) is 37.7 Å². The van der Waals surface area contributed by atoms with Crippen molar-refractivity contribution in [2.75, 3.05) is 19.8 Å². The molecule has 5 heteroatoms. The summed E-state index contributed by atoms with van der Waals surface area (Å²) in [6.07, 6.45) is 3.34. The van der Waals surface area contributed by atoms with Crippen LogP contribution in [0.4, 0.5) is 0 Å². The molecule has 1 saturated heterocycles. The number of carbonyl (C=O) groups is 2. The van der Waals surface area contributed by atoms with Crippen LogP contribution in [0, 0.1) is 0 Å². The van der Waals surface area contributed by atoms with Crippen LogP contribution in [0.5, 0.6) is 0 Å². The Morgan fingerprint density at radius 1 is 1.24 bits per heavy atom. The number of rotatable bonds is 6. The van der Waals surface area contributed by atoms with Gasteiger partial charge in [0.1, 0.15) is 6.61 Å². The summed E-state index contributed by atoms with van der Waals surface area (Å²) in [5, 5.41) is 2.70. The monoisotopic (exact) mass is 291 g/mol. The fraction of sp³-hybridized carbons (Fsp3) is 0.500. The van der Waals surface area contributed by atoms with Crippen molar-refractivity contribution in [2.45, 2.75) is 31.8 Å². The van der Waals surface area contributed by atoms with E-state index in [0.717, 1.165) is 25.9 Å². The van der Waals surface area contributed by atoms with E-state index in [9.17, 15) is 9.59 Å². The smallest absolute Gasteiger partial charge is 0.307 e. The summed E-state index contributed by atoms with van der Waals surface area (Å²) in [6, 6.07) is 8.91. The lowest BCUT2D eigenvalue weighted by molar-refractivity contribution is -0.148. The Morgan fingerprint density at radius 3 is 2.76 bits per heavy atom. The third kappa shape index (κ3) is 5.55. The van der Waals surface area contributed by atoms with Crippen molar-refractivity contribution < 1.29 is 19.1 Å². The first-order valence-electron chi connectivity index (χ1n) is 7.36. The Balaban J connectivity index is 1.59. The summed E-state index contributed by atoms with van der Waals surface area (Å²) in [6.45, 7) is 1.33. The molecule has 1 fully saturated rings. The van der Waals surface area contributed by atoms with Gasteiger partial charge in [-0.05, 0) is 31.4 Å². The highest BCUT2D eigenvalue weighted by Crippen LogP contribution is 2.12. The molecule has 5 nitrogen and oxygen atoms in total. The summed E-state index contributed by atoms with van der Waals surface area (Å²) < 4.78 is 10.6. The Labute approximate surface area is 124 Å². The molecular weight excluding hydrogens is 270 g/mol. The highest BCUT2D eigenvalue weighted by atomic mass is 16.6. The van der Waals surface area contributed by atoms with Crippen molar-refractivity contribution in [2.24, 2.45) is 0 Å². The lowest BCUT2D eigenvalue weighted by Gasteiger charge is -2.22. The predicted molar refractivity (Wildman–Crippen MR) is 77.9 cm³/mol. The zero-order valence-electron chi connectivity index (χ0n) is 12.0. The maximum Gasteiger partial charge on any atom is 0.307 e. The van der Waals surface area contributed by atoms with E-state index in [1.54, 1.807) is 24.3 Å². The molecule has 1 aromatic carbocycles. The Bertz CT molecular complexity index is 455. The summed E-state index contributed by atoms with van der Waals surface area (Å²) in [5.74, 6) is -0.489. The number of carbonyl (C=O) groups excluding carboxylic acids is 2. The van der Waals surface area contributed by atoms with Crippen molar-refractivity contribution in [3.8, 4) is 0 Å². The minimum Gasteiger partial charge on any atom is -0.463 e. The van der Waals surface area contributed by atoms with Gasteiger partial charge in [-0.3, -0.25) is 9.59 Å². The second-order valence-electron chi connectivity index (χ2n) is 5.04. The topological polar surface area (TPSA) is 64.6 Å². The van der Waals surface area contributed by atoms with Gasteiger partial charge in [0.15, 0.2) is 0 Å². The molecule has 1 amide bonds. The highest BCUT2D eigenvalue weighted by Gasteiger charge is 2.16. The van der Waals surface area contributed by atoms with Crippen molar-refractivity contribution >= 4 is 11.9 Å². The third-order valence-electron chi connectivity index (χ3n) is 3.35. The minimum atomic E-state index is -0.308. The maximum atomic E-state index is 11.7. The SMILES string of the molecule is O=C(CCNC(=O)c1ccccc1)OCC1CCCCO1. The zero-order valence-corrected chi connectivity index (χ0v) is 12.0. The molecule has 2 rings (SSSR count). The van der Waals surface area contributed by atoms with E-state index in [-0.39, 0.29) is 30.9 Å². The van der Waals surface area contributed by atoms with E-state index in [0.29, 0.717) is 12.2 Å². The molecule has 1 N–H and O–H groups in total. The molecule has 1 heterocycles. The Kier molecular flexibility index (Phi) is 6.22. The van der Waals surface area contributed by atoms with E-state index >= 15 is 0 Å². The van der Waals surface area contributed by atoms with Crippen LogP contribution in [-0.2, 0) is 14.3 Å². The second kappa shape index (κ2) is 8.42. The van der Waals surface area contributed by atoms with Crippen LogP contribution in [0.3, 0.4) is 0 Å². The molecule has 21 heavy (non-hydrogen) atoms. The molecule has 114 valence electrons. The molecule has 0 radical (unpaired) electrons. The Hall–Kier alpha value is -1.88. The number of esters is 1. The number of ether oxygens (including phenoxy) is 2. The molecular formula is C16H21NO4. The van der Waals surface area contributed by atoms with E-state index in [1.807, 2.05) is 6.07 Å². The first-order chi connectivity index (χ1) is 10.3. The van der Waals surface area contributed by atoms with Crippen LogP contribution < -0.4 is 5.32 Å². The van der Waals surface area contributed by atoms with Gasteiger partial charge in [-0.15, -0.1) is 0 Å². The van der Waals surface area contributed by atoms with Gasteiger partial charge in [0, 0.05) is 18.7 Å². The van der Waals surface area contributed by atoms with Gasteiger partial charge >= 0.3 is 5.97 Å². The molecule has 1 unspecified atom stereocenters. The molecule has 0 aromatic heterocycles. The van der Waals surface area contributed by atoms with Gasteiger partial charge in [-0.1, -0.05) is 18.2 Å². The quantitative estimate of drug-likeness (QED) is 0.813. The summed E-state index contributed by atoms with van der Waals surface area (Å²) in [7, 11) is 0. The van der Waals surface area contributed by atoms with E-state index in [1.165, 1.54) is 0 Å². The van der Waals surface area contributed by atoms with Crippen LogP contribution in [0.25, 0.3) is 0 Å². The average Bonchev–Trinajstić information content (AvgIpc) is 2.54. The normalized spacial score (nSPS) is 18.0. The van der Waals surface area contributed by atoms with Crippen LogP contribution >= 0.6 is 0 Å². The van der Waals surface area contributed by atoms with Gasteiger partial charge < -0.3 is 14.8 Å². The van der Waals surface area contributed by atoms with E-state index in [2.05, 4.69) is 5.32 Å². The summed E-state index contributed by atoms with van der Waals surface area (Å²) >= 11 is 0. The van der Waals surface area contributed by atoms with Crippen molar-refractivity contribution in [3.05, 3.63) is 35.9 Å². The Morgan fingerprint density at radius 2 is 2.05 bits per heavy atom. The highest BCUT2D eigenvalue weighted by molar-refractivity contribution is 5.94. The van der Waals surface area contributed by atoms with Crippen LogP contribution in [0.2, 0.25) is 0 Å². The molecule has 0 saturated carbocycles. The van der Waals surface area contributed by atoms with Crippen molar-refractivity contribution in [1.82, 2.24) is 5.32 Å². The molecule has 1 aromatic rings. The number of nitrogens with one attached hydrogen (secondary N) is 1. The first kappa shape index (κ1) is 15.5. The lowest BCUT2D eigenvalue weighted by atomic mass is 10.1. The zero-order chi connectivity index (χ0) is 14.9. The molecule has 0 aliphatic carbocycles. The number of hydrogen-bond donors (Lipinski definition) is 1. The van der Waals surface area contributed by atoms with Gasteiger partial charge in [0.2, 0.25) is 0 Å². The van der Waals surface area contributed by atoms with Gasteiger partial charge in [0.05, 0.1) is 12.5 Å². The van der Waals surface area contributed by atoms with Crippen LogP contribution in [0.1, 0.15) is 36.0 Å². The van der Waals surface area contributed by atoms with Crippen LogP contribution in [0.15, 0.2) is 30.3 Å². The fourth-order valence-electron chi connectivity index (χ4n) is 2.17.